The molecule has 0 spiro atoms. The molecule has 8 heteroatoms. The Morgan fingerprint density at radius 1 is 1.03 bits per heavy atom. The zero-order valence-electron chi connectivity index (χ0n) is 16.7. The maximum atomic E-state index is 6.14. The summed E-state index contributed by atoms with van der Waals surface area (Å²) in [5.41, 5.74) is 8.40. The lowest BCUT2D eigenvalue weighted by Gasteiger charge is -2.26. The fourth-order valence-electron chi connectivity index (χ4n) is 3.79. The maximum Gasteiger partial charge on any atom is 0.223 e. The Bertz CT molecular complexity index is 1130. The zero-order chi connectivity index (χ0) is 20.3. The number of ether oxygens (including phenoxy) is 1. The highest BCUT2D eigenvalue weighted by molar-refractivity contribution is 5.67. The van der Waals surface area contributed by atoms with Gasteiger partial charge in [0.05, 0.1) is 12.0 Å². The first-order chi connectivity index (χ1) is 14.8. The molecule has 2 N–H and O–H groups in total. The third-order valence-corrected chi connectivity index (χ3v) is 5.35. The lowest BCUT2D eigenvalue weighted by atomic mass is 10.1. The van der Waals surface area contributed by atoms with Crippen LogP contribution in [0.25, 0.3) is 28.5 Å². The molecule has 0 atom stereocenters. The summed E-state index contributed by atoms with van der Waals surface area (Å²) in [4.78, 5) is 11.5. The van der Waals surface area contributed by atoms with Crippen molar-refractivity contribution in [1.29, 1.82) is 0 Å². The molecule has 1 saturated heterocycles. The van der Waals surface area contributed by atoms with Crippen LogP contribution in [0.15, 0.2) is 53.1 Å². The number of fused-ring (bicyclic) bond motifs is 1. The standard InChI is InChI=1S/C22H24N6O2/c23-22-24-18(15-20-25-21(26-28(20)22)19-8-5-12-30-19)16-6-4-7-17(14-16)29-13-11-27-9-2-1-3-10-27/h4-8,12,14-15H,1-3,9-11,13H2,(H2,23,24). The predicted octanol–water partition coefficient (Wildman–Crippen LogP) is 3.50. The zero-order valence-corrected chi connectivity index (χ0v) is 16.7. The third kappa shape index (κ3) is 3.86. The van der Waals surface area contributed by atoms with E-state index in [1.165, 1.54) is 36.9 Å². The van der Waals surface area contributed by atoms with Crippen molar-refractivity contribution in [3.05, 3.63) is 48.7 Å². The molecule has 30 heavy (non-hydrogen) atoms. The second-order valence-electron chi connectivity index (χ2n) is 7.46. The first-order valence-electron chi connectivity index (χ1n) is 10.3. The number of furan rings is 1. The molecule has 0 unspecified atom stereocenters. The van der Waals surface area contributed by atoms with Crippen LogP contribution >= 0.6 is 0 Å². The van der Waals surface area contributed by atoms with E-state index in [-0.39, 0.29) is 5.95 Å². The quantitative estimate of drug-likeness (QED) is 0.525. The minimum Gasteiger partial charge on any atom is -0.492 e. The van der Waals surface area contributed by atoms with Crippen molar-refractivity contribution in [3.8, 4) is 28.6 Å². The first kappa shape index (κ1) is 18.6. The summed E-state index contributed by atoms with van der Waals surface area (Å²) in [5.74, 6) is 2.15. The van der Waals surface area contributed by atoms with Crippen molar-refractivity contribution in [2.24, 2.45) is 0 Å². The Hall–Kier alpha value is -3.39. The monoisotopic (exact) mass is 404 g/mol. The molecule has 154 valence electrons. The predicted molar refractivity (Wildman–Crippen MR) is 114 cm³/mol. The van der Waals surface area contributed by atoms with Crippen molar-refractivity contribution in [3.63, 3.8) is 0 Å². The van der Waals surface area contributed by atoms with Gasteiger partial charge in [-0.3, -0.25) is 4.90 Å². The van der Waals surface area contributed by atoms with E-state index < -0.39 is 0 Å². The van der Waals surface area contributed by atoms with Gasteiger partial charge in [0.1, 0.15) is 12.4 Å². The van der Waals surface area contributed by atoms with E-state index in [0.29, 0.717) is 23.8 Å². The summed E-state index contributed by atoms with van der Waals surface area (Å²) in [5, 5.41) is 4.39. The highest BCUT2D eigenvalue weighted by Gasteiger charge is 2.14. The molecule has 0 saturated carbocycles. The van der Waals surface area contributed by atoms with Crippen molar-refractivity contribution in [1.82, 2.24) is 24.5 Å². The van der Waals surface area contributed by atoms with Crippen LogP contribution in [0.1, 0.15) is 19.3 Å². The topological polar surface area (TPSA) is 94.7 Å². The SMILES string of the molecule is Nc1nc(-c2cccc(OCCN3CCCCC3)c2)cc2nc(-c3ccco3)nn12. The van der Waals surface area contributed by atoms with Crippen LogP contribution in [0.4, 0.5) is 5.95 Å². The summed E-state index contributed by atoms with van der Waals surface area (Å²) in [6.07, 6.45) is 5.50. The van der Waals surface area contributed by atoms with E-state index in [4.69, 9.17) is 14.9 Å². The summed E-state index contributed by atoms with van der Waals surface area (Å²) >= 11 is 0. The lowest BCUT2D eigenvalue weighted by molar-refractivity contribution is 0.183. The molecule has 0 amide bonds. The minimum atomic E-state index is 0.268. The van der Waals surface area contributed by atoms with Gasteiger partial charge in [-0.15, -0.1) is 5.10 Å². The van der Waals surface area contributed by atoms with Gasteiger partial charge in [-0.2, -0.15) is 4.52 Å². The van der Waals surface area contributed by atoms with E-state index >= 15 is 0 Å². The fraction of sp³-hybridized carbons (Fsp3) is 0.318. The number of nitrogen functional groups attached to an aromatic ring is 1. The van der Waals surface area contributed by atoms with Crippen LogP contribution in [0.3, 0.4) is 0 Å². The maximum absolute atomic E-state index is 6.14. The van der Waals surface area contributed by atoms with Crippen LogP contribution in [0, 0.1) is 0 Å². The molecule has 0 radical (unpaired) electrons. The summed E-state index contributed by atoms with van der Waals surface area (Å²) < 4.78 is 12.9. The second-order valence-corrected chi connectivity index (χ2v) is 7.46. The first-order valence-corrected chi connectivity index (χ1v) is 10.3. The molecule has 3 aromatic heterocycles. The van der Waals surface area contributed by atoms with Gasteiger partial charge in [0.25, 0.3) is 0 Å². The van der Waals surface area contributed by atoms with Crippen molar-refractivity contribution in [2.75, 3.05) is 32.0 Å². The van der Waals surface area contributed by atoms with Crippen molar-refractivity contribution < 1.29 is 9.15 Å². The number of piperidine rings is 1. The number of aromatic nitrogens is 4. The Labute approximate surface area is 174 Å². The number of hydrogen-bond acceptors (Lipinski definition) is 7. The van der Waals surface area contributed by atoms with Crippen molar-refractivity contribution in [2.45, 2.75) is 19.3 Å². The lowest BCUT2D eigenvalue weighted by Crippen LogP contribution is -2.33. The highest BCUT2D eigenvalue weighted by atomic mass is 16.5. The Morgan fingerprint density at radius 3 is 2.77 bits per heavy atom. The molecule has 1 aliphatic heterocycles. The molecule has 0 aliphatic carbocycles. The van der Waals surface area contributed by atoms with Gasteiger partial charge in [-0.25, -0.2) is 9.97 Å². The molecule has 8 nitrogen and oxygen atoms in total. The second kappa shape index (κ2) is 8.16. The number of likely N-dealkylation sites (tertiary alicyclic amines) is 1. The summed E-state index contributed by atoms with van der Waals surface area (Å²) in [6.45, 7) is 3.97. The molecule has 1 aromatic carbocycles. The molecule has 1 aliphatic rings. The van der Waals surface area contributed by atoms with E-state index in [9.17, 15) is 0 Å². The van der Waals surface area contributed by atoms with E-state index in [0.717, 1.165) is 23.6 Å². The molecule has 4 aromatic rings. The minimum absolute atomic E-state index is 0.268. The van der Waals surface area contributed by atoms with Gasteiger partial charge >= 0.3 is 0 Å². The van der Waals surface area contributed by atoms with Gasteiger partial charge in [-0.1, -0.05) is 18.6 Å². The molecule has 4 heterocycles. The van der Waals surface area contributed by atoms with Gasteiger partial charge in [-0.05, 0) is 50.2 Å². The van der Waals surface area contributed by atoms with Crippen molar-refractivity contribution >= 4 is 11.6 Å². The van der Waals surface area contributed by atoms with E-state index in [1.807, 2.05) is 36.4 Å². The van der Waals surface area contributed by atoms with Crippen LogP contribution in [0.5, 0.6) is 5.75 Å². The van der Waals surface area contributed by atoms with Gasteiger partial charge in [0.2, 0.25) is 11.8 Å². The smallest absolute Gasteiger partial charge is 0.223 e. The van der Waals surface area contributed by atoms with Gasteiger partial charge < -0.3 is 14.9 Å². The molecular weight excluding hydrogens is 380 g/mol. The van der Waals surface area contributed by atoms with Crippen LogP contribution < -0.4 is 10.5 Å². The molecule has 0 bridgehead atoms. The number of hydrogen-bond donors (Lipinski definition) is 1. The summed E-state index contributed by atoms with van der Waals surface area (Å²) in [7, 11) is 0. The molecule has 5 rings (SSSR count). The Morgan fingerprint density at radius 2 is 1.93 bits per heavy atom. The molecular formula is C22H24N6O2. The Balaban J connectivity index is 1.35. The highest BCUT2D eigenvalue weighted by Crippen LogP contribution is 2.25. The Kier molecular flexibility index (Phi) is 5.06. The average molecular weight is 404 g/mol. The number of nitrogens with zero attached hydrogens (tertiary/aromatic N) is 5. The van der Waals surface area contributed by atoms with E-state index in [2.05, 4.69) is 20.0 Å². The van der Waals surface area contributed by atoms with Gasteiger partial charge in [0.15, 0.2) is 11.4 Å². The average Bonchev–Trinajstić information content (AvgIpc) is 3.45. The van der Waals surface area contributed by atoms with Crippen LogP contribution in [-0.2, 0) is 0 Å². The fourth-order valence-corrected chi connectivity index (χ4v) is 3.79. The normalized spacial score (nSPS) is 14.9. The molecule has 1 fully saturated rings. The number of benzene rings is 1. The van der Waals surface area contributed by atoms with Crippen LogP contribution in [-0.4, -0.2) is 50.7 Å². The number of rotatable bonds is 6. The summed E-state index contributed by atoms with van der Waals surface area (Å²) in [6, 6.07) is 13.4. The van der Waals surface area contributed by atoms with E-state index in [1.54, 1.807) is 12.3 Å². The largest absolute Gasteiger partial charge is 0.492 e. The third-order valence-electron chi connectivity index (χ3n) is 5.35. The number of nitrogens with two attached hydrogens (primary N) is 1. The van der Waals surface area contributed by atoms with Crippen LogP contribution in [0.2, 0.25) is 0 Å². The number of anilines is 1. The van der Waals surface area contributed by atoms with Gasteiger partial charge in [0, 0.05) is 18.2 Å².